The Kier molecular flexibility index (Phi) is 66.5. The van der Waals surface area contributed by atoms with E-state index in [-0.39, 0.29) is 25.7 Å². The summed E-state index contributed by atoms with van der Waals surface area (Å²) in [6.07, 6.45) is 55.7. The second-order valence-electron chi connectivity index (χ2n) is 27.9. The lowest BCUT2D eigenvalue weighted by atomic mass is 9.99. The third kappa shape index (κ3) is 67.6. The summed E-state index contributed by atoms with van der Waals surface area (Å²) in [5, 5.41) is 10.6. The molecular formula is C76H148O17P2. The first-order valence-corrected chi connectivity index (χ1v) is 42.6. The number of aliphatic hydroxyl groups excluding tert-OH is 1. The van der Waals surface area contributed by atoms with E-state index in [9.17, 15) is 43.2 Å². The van der Waals surface area contributed by atoms with E-state index in [2.05, 4.69) is 41.5 Å². The molecule has 0 aliphatic carbocycles. The lowest BCUT2D eigenvalue weighted by Crippen LogP contribution is -2.30. The molecule has 0 saturated heterocycles. The molecule has 0 aromatic rings. The Balaban J connectivity index is 5.17. The molecule has 0 rings (SSSR count). The number of unbranched alkanes of at least 4 members (excludes halogenated alkanes) is 43. The lowest BCUT2D eigenvalue weighted by Gasteiger charge is -2.21. The summed E-state index contributed by atoms with van der Waals surface area (Å²) in [5.41, 5.74) is 0. The summed E-state index contributed by atoms with van der Waals surface area (Å²) < 4.78 is 68.4. The van der Waals surface area contributed by atoms with Gasteiger partial charge in [0.2, 0.25) is 0 Å². The predicted molar refractivity (Wildman–Crippen MR) is 386 cm³/mol. The van der Waals surface area contributed by atoms with Crippen molar-refractivity contribution in [3.05, 3.63) is 0 Å². The summed E-state index contributed by atoms with van der Waals surface area (Å²) in [7, 11) is -9.91. The van der Waals surface area contributed by atoms with Crippen LogP contribution in [0.15, 0.2) is 0 Å². The van der Waals surface area contributed by atoms with Gasteiger partial charge < -0.3 is 33.8 Å². The minimum Gasteiger partial charge on any atom is -0.462 e. The fraction of sp³-hybridized carbons (Fsp3) is 0.947. The maximum absolute atomic E-state index is 13.1. The molecule has 0 radical (unpaired) electrons. The first-order valence-electron chi connectivity index (χ1n) is 39.6. The van der Waals surface area contributed by atoms with Gasteiger partial charge in [0.15, 0.2) is 12.2 Å². The molecule has 0 aliphatic heterocycles. The molecule has 19 heteroatoms. The van der Waals surface area contributed by atoms with E-state index in [1.165, 1.54) is 212 Å². The van der Waals surface area contributed by atoms with Crippen molar-refractivity contribution in [2.24, 2.45) is 11.8 Å². The Labute approximate surface area is 581 Å². The smallest absolute Gasteiger partial charge is 0.462 e. The van der Waals surface area contributed by atoms with E-state index in [1.54, 1.807) is 0 Å². The van der Waals surface area contributed by atoms with Crippen LogP contribution in [0.1, 0.15) is 395 Å². The van der Waals surface area contributed by atoms with Crippen molar-refractivity contribution in [2.45, 2.75) is 413 Å². The molecule has 95 heavy (non-hydrogen) atoms. The summed E-state index contributed by atoms with van der Waals surface area (Å²) >= 11 is 0. The van der Waals surface area contributed by atoms with Gasteiger partial charge in [-0.2, -0.15) is 0 Å². The summed E-state index contributed by atoms with van der Waals surface area (Å²) in [6.45, 7) is 9.55. The normalized spacial score (nSPS) is 14.6. The number of phosphoric ester groups is 2. The standard InChI is InChI=1S/C76H148O17P2/c1-7-11-13-15-17-19-20-21-22-23-24-25-26-27-28-29-30-31-37-41-48-54-60-75(80)92-71(64-87-74(79)59-53-47-40-36-33-32-35-38-44-50-56-68(5)9-3)66-90-94(82,83)88-62-70(77)63-89-95(84,85)91-67-72(65-86-73(78)58-52-46-39-34-18-16-14-12-8-2)93-76(81)61-55-49-43-42-45-51-57-69(6)10-4/h68-72,77H,7-67H2,1-6H3,(H,82,83)(H,84,85)/t68?,69?,70-,71-,72-/m1/s1. The zero-order chi connectivity index (χ0) is 70.0. The van der Waals surface area contributed by atoms with E-state index in [1.807, 2.05) is 0 Å². The average molecular weight is 1400 g/mol. The van der Waals surface area contributed by atoms with Gasteiger partial charge in [-0.15, -0.1) is 0 Å². The first-order chi connectivity index (χ1) is 45.9. The molecule has 0 aliphatic rings. The Bertz CT molecular complexity index is 1840. The van der Waals surface area contributed by atoms with Crippen molar-refractivity contribution in [1.29, 1.82) is 0 Å². The maximum atomic E-state index is 13.1. The quantitative estimate of drug-likeness (QED) is 0.0222. The van der Waals surface area contributed by atoms with Gasteiger partial charge >= 0.3 is 39.5 Å². The Morgan fingerprint density at radius 2 is 0.505 bits per heavy atom. The molecule has 0 saturated carbocycles. The molecule has 0 aromatic carbocycles. The Morgan fingerprint density at radius 1 is 0.295 bits per heavy atom. The van der Waals surface area contributed by atoms with Crippen molar-refractivity contribution in [3.63, 3.8) is 0 Å². The van der Waals surface area contributed by atoms with Gasteiger partial charge in [0.25, 0.3) is 0 Å². The van der Waals surface area contributed by atoms with Crippen molar-refractivity contribution >= 4 is 39.5 Å². The molecular weight excluding hydrogens is 1250 g/mol. The number of aliphatic hydroxyl groups is 1. The molecule has 0 amide bonds. The van der Waals surface area contributed by atoms with Crippen LogP contribution in [0, 0.1) is 11.8 Å². The van der Waals surface area contributed by atoms with Crippen molar-refractivity contribution in [3.8, 4) is 0 Å². The van der Waals surface area contributed by atoms with Crippen LogP contribution in [0.25, 0.3) is 0 Å². The van der Waals surface area contributed by atoms with Crippen LogP contribution < -0.4 is 0 Å². The largest absolute Gasteiger partial charge is 0.472 e. The zero-order valence-corrected chi connectivity index (χ0v) is 63.8. The molecule has 0 heterocycles. The number of hydrogen-bond donors (Lipinski definition) is 3. The summed E-state index contributed by atoms with van der Waals surface area (Å²) in [5.74, 6) is -0.592. The molecule has 7 atom stereocenters. The van der Waals surface area contributed by atoms with Crippen molar-refractivity contribution < 1.29 is 80.2 Å². The highest BCUT2D eigenvalue weighted by atomic mass is 31.2. The van der Waals surface area contributed by atoms with E-state index in [0.717, 1.165) is 102 Å². The molecule has 564 valence electrons. The fourth-order valence-electron chi connectivity index (χ4n) is 11.6. The van der Waals surface area contributed by atoms with Gasteiger partial charge in [-0.1, -0.05) is 343 Å². The van der Waals surface area contributed by atoms with Crippen LogP contribution in [-0.4, -0.2) is 96.7 Å². The van der Waals surface area contributed by atoms with Crippen LogP contribution in [0.5, 0.6) is 0 Å². The number of phosphoric acid groups is 2. The van der Waals surface area contributed by atoms with Gasteiger partial charge in [-0.25, -0.2) is 9.13 Å². The maximum Gasteiger partial charge on any atom is 0.472 e. The van der Waals surface area contributed by atoms with Crippen LogP contribution in [0.3, 0.4) is 0 Å². The number of ether oxygens (including phenoxy) is 4. The fourth-order valence-corrected chi connectivity index (χ4v) is 13.2. The topological polar surface area (TPSA) is 237 Å². The Hall–Kier alpha value is -1.94. The highest BCUT2D eigenvalue weighted by molar-refractivity contribution is 7.47. The van der Waals surface area contributed by atoms with E-state index in [4.69, 9.17) is 37.0 Å². The van der Waals surface area contributed by atoms with Crippen LogP contribution in [-0.2, 0) is 65.4 Å². The minimum absolute atomic E-state index is 0.103. The Morgan fingerprint density at radius 3 is 0.747 bits per heavy atom. The summed E-state index contributed by atoms with van der Waals surface area (Å²) in [4.78, 5) is 72.7. The molecule has 0 bridgehead atoms. The monoisotopic (exact) mass is 1400 g/mol. The molecule has 0 fully saturated rings. The van der Waals surface area contributed by atoms with Crippen LogP contribution in [0.2, 0.25) is 0 Å². The van der Waals surface area contributed by atoms with Crippen molar-refractivity contribution in [2.75, 3.05) is 39.6 Å². The van der Waals surface area contributed by atoms with Gasteiger partial charge in [-0.05, 0) is 37.5 Å². The second kappa shape index (κ2) is 67.9. The van der Waals surface area contributed by atoms with Gasteiger partial charge in [-0.3, -0.25) is 37.3 Å². The first kappa shape index (κ1) is 93.1. The number of carbonyl (C=O) groups excluding carboxylic acids is 4. The van der Waals surface area contributed by atoms with Crippen molar-refractivity contribution in [1.82, 2.24) is 0 Å². The number of carbonyl (C=O) groups is 4. The zero-order valence-electron chi connectivity index (χ0n) is 62.0. The highest BCUT2D eigenvalue weighted by Crippen LogP contribution is 2.45. The third-order valence-corrected chi connectivity index (χ3v) is 20.3. The number of hydrogen-bond acceptors (Lipinski definition) is 15. The molecule has 3 N–H and O–H groups in total. The average Bonchev–Trinajstić information content (AvgIpc) is 1.24. The minimum atomic E-state index is -4.96. The van der Waals surface area contributed by atoms with E-state index >= 15 is 0 Å². The SMILES string of the molecule is CCCCCCCCCCCCCCCCCCCCCCCCC(=O)O[C@H](COC(=O)CCCCCCCCCCCCC(C)CC)COP(=O)(O)OC[C@@H](O)COP(=O)(O)OC[C@@H](COC(=O)CCCCCCCCCCC)OC(=O)CCCCCCCCC(C)CC. The lowest BCUT2D eigenvalue weighted by molar-refractivity contribution is -0.161. The molecule has 0 aromatic heterocycles. The van der Waals surface area contributed by atoms with Gasteiger partial charge in [0, 0.05) is 25.7 Å². The van der Waals surface area contributed by atoms with E-state index < -0.39 is 97.5 Å². The molecule has 0 spiro atoms. The highest BCUT2D eigenvalue weighted by Gasteiger charge is 2.30. The second-order valence-corrected chi connectivity index (χ2v) is 30.8. The van der Waals surface area contributed by atoms with Crippen LogP contribution in [0.4, 0.5) is 0 Å². The number of rotatable bonds is 75. The van der Waals surface area contributed by atoms with Gasteiger partial charge in [0.05, 0.1) is 26.4 Å². The van der Waals surface area contributed by atoms with Crippen LogP contribution >= 0.6 is 15.6 Å². The molecule has 4 unspecified atom stereocenters. The van der Waals surface area contributed by atoms with Gasteiger partial charge in [0.1, 0.15) is 19.3 Å². The number of esters is 4. The van der Waals surface area contributed by atoms with E-state index in [0.29, 0.717) is 25.7 Å². The predicted octanol–water partition coefficient (Wildman–Crippen LogP) is 22.3. The summed E-state index contributed by atoms with van der Waals surface area (Å²) in [6, 6.07) is 0. The molecule has 17 nitrogen and oxygen atoms in total. The third-order valence-electron chi connectivity index (χ3n) is 18.4.